The third kappa shape index (κ3) is 5.74. The SMILES string of the molecule is CC(C)(C)c1ccc(C(=O)NCCCCCCN)cc1. The van der Waals surface area contributed by atoms with Crippen molar-refractivity contribution in [2.24, 2.45) is 5.73 Å². The summed E-state index contributed by atoms with van der Waals surface area (Å²) < 4.78 is 0. The molecular formula is C17H28N2O. The lowest BCUT2D eigenvalue weighted by Gasteiger charge is -2.19. The van der Waals surface area contributed by atoms with Crippen LogP contribution in [0.15, 0.2) is 24.3 Å². The van der Waals surface area contributed by atoms with Crippen LogP contribution in [-0.2, 0) is 5.41 Å². The number of carbonyl (C=O) groups excluding carboxylic acids is 1. The fourth-order valence-electron chi connectivity index (χ4n) is 2.05. The zero-order chi connectivity index (χ0) is 15.0. The highest BCUT2D eigenvalue weighted by molar-refractivity contribution is 5.94. The standard InChI is InChI=1S/C17H28N2O/c1-17(2,3)15-10-8-14(9-11-15)16(20)19-13-7-5-4-6-12-18/h8-11H,4-7,12-13,18H2,1-3H3,(H,19,20). The molecule has 0 atom stereocenters. The van der Waals surface area contributed by atoms with Crippen molar-refractivity contribution in [3.63, 3.8) is 0 Å². The van der Waals surface area contributed by atoms with Crippen molar-refractivity contribution in [2.75, 3.05) is 13.1 Å². The van der Waals surface area contributed by atoms with Gasteiger partial charge in [-0.1, -0.05) is 45.7 Å². The van der Waals surface area contributed by atoms with Crippen molar-refractivity contribution >= 4 is 5.91 Å². The number of hydrogen-bond donors (Lipinski definition) is 2. The Bertz CT molecular complexity index is 404. The Kier molecular flexibility index (Phi) is 6.73. The number of rotatable bonds is 7. The molecule has 0 spiro atoms. The number of nitrogens with one attached hydrogen (secondary N) is 1. The number of carbonyl (C=O) groups is 1. The van der Waals surface area contributed by atoms with E-state index in [2.05, 4.69) is 26.1 Å². The van der Waals surface area contributed by atoms with Crippen LogP contribution in [0.2, 0.25) is 0 Å². The Hall–Kier alpha value is -1.35. The molecule has 1 aromatic rings. The van der Waals surface area contributed by atoms with Gasteiger partial charge in [0.15, 0.2) is 0 Å². The predicted octanol–water partition coefficient (Wildman–Crippen LogP) is 3.23. The third-order valence-corrected chi connectivity index (χ3v) is 3.43. The van der Waals surface area contributed by atoms with E-state index in [0.717, 1.165) is 44.3 Å². The van der Waals surface area contributed by atoms with Gasteiger partial charge in [0, 0.05) is 12.1 Å². The summed E-state index contributed by atoms with van der Waals surface area (Å²) in [4.78, 5) is 12.0. The fraction of sp³-hybridized carbons (Fsp3) is 0.588. The lowest BCUT2D eigenvalue weighted by atomic mass is 9.87. The maximum atomic E-state index is 12.0. The van der Waals surface area contributed by atoms with Crippen molar-refractivity contribution in [2.45, 2.75) is 51.9 Å². The van der Waals surface area contributed by atoms with Gasteiger partial charge in [-0.2, -0.15) is 0 Å². The first kappa shape index (κ1) is 16.7. The highest BCUT2D eigenvalue weighted by Gasteiger charge is 2.14. The largest absolute Gasteiger partial charge is 0.352 e. The molecule has 0 bridgehead atoms. The molecular weight excluding hydrogens is 248 g/mol. The van der Waals surface area contributed by atoms with Crippen molar-refractivity contribution in [3.05, 3.63) is 35.4 Å². The molecule has 20 heavy (non-hydrogen) atoms. The molecule has 3 heteroatoms. The average Bonchev–Trinajstić information content (AvgIpc) is 2.41. The summed E-state index contributed by atoms with van der Waals surface area (Å²) in [5.41, 5.74) is 7.55. The van der Waals surface area contributed by atoms with Gasteiger partial charge in [-0.05, 0) is 42.5 Å². The molecule has 3 nitrogen and oxygen atoms in total. The summed E-state index contributed by atoms with van der Waals surface area (Å²) in [7, 11) is 0. The zero-order valence-electron chi connectivity index (χ0n) is 13.0. The topological polar surface area (TPSA) is 55.1 Å². The highest BCUT2D eigenvalue weighted by atomic mass is 16.1. The molecule has 0 fully saturated rings. The van der Waals surface area contributed by atoms with Crippen molar-refractivity contribution in [3.8, 4) is 0 Å². The summed E-state index contributed by atoms with van der Waals surface area (Å²) in [5.74, 6) is 0.0179. The maximum Gasteiger partial charge on any atom is 0.251 e. The van der Waals surface area contributed by atoms with Crippen LogP contribution in [0.25, 0.3) is 0 Å². The second-order valence-electron chi connectivity index (χ2n) is 6.29. The van der Waals surface area contributed by atoms with Crippen LogP contribution in [0.5, 0.6) is 0 Å². The minimum atomic E-state index is 0.0179. The van der Waals surface area contributed by atoms with Crippen molar-refractivity contribution in [1.82, 2.24) is 5.32 Å². The molecule has 0 saturated carbocycles. The first-order chi connectivity index (χ1) is 9.45. The van der Waals surface area contributed by atoms with E-state index in [0.29, 0.717) is 0 Å². The number of amides is 1. The predicted molar refractivity (Wildman–Crippen MR) is 85.0 cm³/mol. The van der Waals surface area contributed by atoms with E-state index in [-0.39, 0.29) is 11.3 Å². The highest BCUT2D eigenvalue weighted by Crippen LogP contribution is 2.22. The van der Waals surface area contributed by atoms with Gasteiger partial charge in [-0.25, -0.2) is 0 Å². The summed E-state index contributed by atoms with van der Waals surface area (Å²) in [6.45, 7) is 8.01. The number of nitrogens with two attached hydrogens (primary N) is 1. The lowest BCUT2D eigenvalue weighted by molar-refractivity contribution is 0.0953. The van der Waals surface area contributed by atoms with E-state index >= 15 is 0 Å². The molecule has 1 amide bonds. The van der Waals surface area contributed by atoms with Crippen LogP contribution >= 0.6 is 0 Å². The van der Waals surface area contributed by atoms with E-state index in [1.54, 1.807) is 0 Å². The Morgan fingerprint density at radius 2 is 1.65 bits per heavy atom. The van der Waals surface area contributed by atoms with Crippen LogP contribution < -0.4 is 11.1 Å². The quantitative estimate of drug-likeness (QED) is 0.751. The molecule has 0 aromatic heterocycles. The van der Waals surface area contributed by atoms with Gasteiger partial charge >= 0.3 is 0 Å². The first-order valence-electron chi connectivity index (χ1n) is 7.54. The van der Waals surface area contributed by atoms with E-state index in [1.165, 1.54) is 5.56 Å². The van der Waals surface area contributed by atoms with Gasteiger partial charge in [0.25, 0.3) is 5.91 Å². The van der Waals surface area contributed by atoms with Gasteiger partial charge in [0.2, 0.25) is 0 Å². The zero-order valence-corrected chi connectivity index (χ0v) is 13.0. The van der Waals surface area contributed by atoms with Gasteiger partial charge in [-0.15, -0.1) is 0 Å². The molecule has 0 aliphatic carbocycles. The minimum absolute atomic E-state index is 0.0179. The second kappa shape index (κ2) is 8.05. The normalized spacial score (nSPS) is 11.4. The molecule has 112 valence electrons. The summed E-state index contributed by atoms with van der Waals surface area (Å²) in [5, 5.41) is 2.96. The van der Waals surface area contributed by atoms with Gasteiger partial charge in [0.1, 0.15) is 0 Å². The van der Waals surface area contributed by atoms with E-state index < -0.39 is 0 Å². The summed E-state index contributed by atoms with van der Waals surface area (Å²) in [6, 6.07) is 7.89. The molecule has 0 saturated heterocycles. The lowest BCUT2D eigenvalue weighted by Crippen LogP contribution is -2.24. The average molecular weight is 276 g/mol. The number of hydrogen-bond acceptors (Lipinski definition) is 2. The Labute approximate surface area is 122 Å². The molecule has 0 aliphatic heterocycles. The van der Waals surface area contributed by atoms with Crippen LogP contribution in [0.3, 0.4) is 0 Å². The Morgan fingerprint density at radius 1 is 1.05 bits per heavy atom. The molecule has 1 rings (SSSR count). The van der Waals surface area contributed by atoms with Gasteiger partial charge < -0.3 is 11.1 Å². The van der Waals surface area contributed by atoms with E-state index in [4.69, 9.17) is 5.73 Å². The van der Waals surface area contributed by atoms with Crippen LogP contribution in [0.4, 0.5) is 0 Å². The molecule has 0 radical (unpaired) electrons. The monoisotopic (exact) mass is 276 g/mol. The summed E-state index contributed by atoms with van der Waals surface area (Å²) in [6.07, 6.45) is 4.36. The smallest absolute Gasteiger partial charge is 0.251 e. The first-order valence-corrected chi connectivity index (χ1v) is 7.54. The van der Waals surface area contributed by atoms with E-state index in [1.807, 2.05) is 24.3 Å². The van der Waals surface area contributed by atoms with Gasteiger partial charge in [0.05, 0.1) is 0 Å². The maximum absolute atomic E-state index is 12.0. The molecule has 3 N–H and O–H groups in total. The summed E-state index contributed by atoms with van der Waals surface area (Å²) >= 11 is 0. The third-order valence-electron chi connectivity index (χ3n) is 3.43. The Balaban J connectivity index is 2.37. The van der Waals surface area contributed by atoms with Crippen molar-refractivity contribution in [1.29, 1.82) is 0 Å². The van der Waals surface area contributed by atoms with Crippen LogP contribution in [0, 0.1) is 0 Å². The molecule has 0 heterocycles. The van der Waals surface area contributed by atoms with Crippen LogP contribution in [0.1, 0.15) is 62.4 Å². The van der Waals surface area contributed by atoms with Crippen molar-refractivity contribution < 1.29 is 4.79 Å². The molecule has 1 aromatic carbocycles. The number of benzene rings is 1. The van der Waals surface area contributed by atoms with E-state index in [9.17, 15) is 4.79 Å². The Morgan fingerprint density at radius 3 is 2.20 bits per heavy atom. The molecule has 0 unspecified atom stereocenters. The second-order valence-corrected chi connectivity index (χ2v) is 6.29. The fourth-order valence-corrected chi connectivity index (χ4v) is 2.05. The minimum Gasteiger partial charge on any atom is -0.352 e. The number of unbranched alkanes of at least 4 members (excludes halogenated alkanes) is 3. The van der Waals surface area contributed by atoms with Crippen LogP contribution in [-0.4, -0.2) is 19.0 Å². The molecule has 0 aliphatic rings. The van der Waals surface area contributed by atoms with Gasteiger partial charge in [-0.3, -0.25) is 4.79 Å².